The Morgan fingerprint density at radius 2 is 1.96 bits per heavy atom. The average molecular weight is 340 g/mol. The molecule has 3 rings (SSSR count). The lowest BCUT2D eigenvalue weighted by molar-refractivity contribution is -0.118. The quantitative estimate of drug-likeness (QED) is 0.779. The topological polar surface area (TPSA) is 20.3 Å². The Hall–Kier alpha value is -1.90. The van der Waals surface area contributed by atoms with E-state index in [2.05, 4.69) is 17.0 Å². The summed E-state index contributed by atoms with van der Waals surface area (Å²) < 4.78 is 0. The van der Waals surface area contributed by atoms with Crippen LogP contribution in [0, 0.1) is 0 Å². The summed E-state index contributed by atoms with van der Waals surface area (Å²) in [6.07, 6.45) is 3.25. The number of carbonyl (C=O) groups excluding carboxylic acids is 1. The first-order valence-corrected chi connectivity index (χ1v) is 8.74. The number of hydrogen-bond acceptors (Lipinski definition) is 2. The predicted molar refractivity (Wildman–Crippen MR) is 100 cm³/mol. The first-order chi connectivity index (χ1) is 11.6. The smallest absolute Gasteiger partial charge is 0.138 e. The van der Waals surface area contributed by atoms with Gasteiger partial charge in [-0.05, 0) is 42.2 Å². The highest BCUT2D eigenvalue weighted by Crippen LogP contribution is 2.26. The maximum atomic E-state index is 12.1. The van der Waals surface area contributed by atoms with Gasteiger partial charge in [0.2, 0.25) is 0 Å². The Labute approximate surface area is 148 Å². The van der Waals surface area contributed by atoms with Gasteiger partial charge >= 0.3 is 0 Å². The molecule has 1 aliphatic heterocycles. The molecule has 24 heavy (non-hydrogen) atoms. The van der Waals surface area contributed by atoms with E-state index in [1.165, 1.54) is 11.1 Å². The van der Waals surface area contributed by atoms with Crippen LogP contribution in [-0.2, 0) is 4.79 Å². The molecule has 1 unspecified atom stereocenters. The zero-order valence-electron chi connectivity index (χ0n) is 13.9. The molecule has 1 heterocycles. The molecule has 0 spiro atoms. The number of benzene rings is 2. The van der Waals surface area contributed by atoms with Gasteiger partial charge in [0.15, 0.2) is 0 Å². The number of nitrogens with zero attached hydrogens (tertiary/aromatic N) is 1. The third kappa shape index (κ3) is 4.14. The normalized spacial score (nSPS) is 16.5. The van der Waals surface area contributed by atoms with Gasteiger partial charge in [-0.1, -0.05) is 60.1 Å². The van der Waals surface area contributed by atoms with Crippen LogP contribution < -0.4 is 0 Å². The fraction of sp³-hybridized carbons (Fsp3) is 0.286. The molecule has 124 valence electrons. The lowest BCUT2D eigenvalue weighted by atomic mass is 9.93. The molecule has 0 saturated carbocycles. The Morgan fingerprint density at radius 1 is 1.17 bits per heavy atom. The largest absolute Gasteiger partial charge is 0.299 e. The van der Waals surface area contributed by atoms with Crippen molar-refractivity contribution < 1.29 is 4.79 Å². The molecule has 1 atom stereocenters. The number of carbonyl (C=O) groups is 1. The van der Waals surface area contributed by atoms with E-state index in [-0.39, 0.29) is 11.7 Å². The Morgan fingerprint density at radius 3 is 2.58 bits per heavy atom. The minimum absolute atomic E-state index is 0.0488. The van der Waals surface area contributed by atoms with Crippen molar-refractivity contribution in [2.24, 2.45) is 0 Å². The van der Waals surface area contributed by atoms with E-state index in [0.29, 0.717) is 0 Å². The molecule has 0 bridgehead atoms. The van der Waals surface area contributed by atoms with E-state index in [1.807, 2.05) is 48.5 Å². The molecule has 0 saturated heterocycles. The van der Waals surface area contributed by atoms with Gasteiger partial charge in [0.1, 0.15) is 5.78 Å². The van der Waals surface area contributed by atoms with E-state index in [9.17, 15) is 4.79 Å². The molecule has 2 aromatic carbocycles. The van der Waals surface area contributed by atoms with Crippen LogP contribution in [0.3, 0.4) is 0 Å². The summed E-state index contributed by atoms with van der Waals surface area (Å²) in [5.74, 6) is 0.179. The molecule has 0 N–H and O–H groups in total. The summed E-state index contributed by atoms with van der Waals surface area (Å²) in [5.41, 5.74) is 3.65. The van der Waals surface area contributed by atoms with Gasteiger partial charge in [-0.15, -0.1) is 0 Å². The van der Waals surface area contributed by atoms with E-state index in [1.54, 1.807) is 6.92 Å². The second-order valence-corrected chi connectivity index (χ2v) is 6.76. The maximum Gasteiger partial charge on any atom is 0.138 e. The third-order valence-corrected chi connectivity index (χ3v) is 4.86. The molecule has 2 nitrogen and oxygen atoms in total. The van der Waals surface area contributed by atoms with Crippen molar-refractivity contribution in [1.29, 1.82) is 0 Å². The fourth-order valence-corrected chi connectivity index (χ4v) is 3.43. The van der Waals surface area contributed by atoms with Crippen molar-refractivity contribution in [2.45, 2.75) is 19.3 Å². The standard InChI is InChI=1S/C21H22ClNO/c1-16(24)21(18-6-3-2-4-7-18)15-23-12-10-17(11-13-23)19-8-5-9-20(22)14-19/h2-10,14,21H,11-13,15H2,1H3. The van der Waals surface area contributed by atoms with Gasteiger partial charge in [0, 0.05) is 24.7 Å². The van der Waals surface area contributed by atoms with E-state index >= 15 is 0 Å². The SMILES string of the molecule is CC(=O)C(CN1CC=C(c2cccc(Cl)c2)CC1)c1ccccc1. The van der Waals surface area contributed by atoms with Crippen LogP contribution in [-0.4, -0.2) is 30.3 Å². The molecule has 1 aliphatic rings. The van der Waals surface area contributed by atoms with Gasteiger partial charge < -0.3 is 0 Å². The number of ketones is 1. The zero-order chi connectivity index (χ0) is 16.9. The summed E-state index contributed by atoms with van der Waals surface area (Å²) in [7, 11) is 0. The Balaban J connectivity index is 1.68. The number of halogens is 1. The molecule has 3 heteroatoms. The van der Waals surface area contributed by atoms with Crippen molar-refractivity contribution in [3.05, 3.63) is 76.8 Å². The lowest BCUT2D eigenvalue weighted by Gasteiger charge is -2.29. The monoisotopic (exact) mass is 339 g/mol. The number of Topliss-reactive ketones (excluding diaryl/α,β-unsaturated/α-hetero) is 1. The van der Waals surface area contributed by atoms with E-state index < -0.39 is 0 Å². The van der Waals surface area contributed by atoms with Crippen molar-refractivity contribution in [3.8, 4) is 0 Å². The third-order valence-electron chi connectivity index (χ3n) is 4.62. The first kappa shape index (κ1) is 16.9. The van der Waals surface area contributed by atoms with Crippen LogP contribution in [0.5, 0.6) is 0 Å². The van der Waals surface area contributed by atoms with Crippen molar-refractivity contribution >= 4 is 23.0 Å². The van der Waals surface area contributed by atoms with Crippen LogP contribution in [0.2, 0.25) is 5.02 Å². The molecule has 0 radical (unpaired) electrons. The Bertz CT molecular complexity index is 739. The minimum Gasteiger partial charge on any atom is -0.299 e. The molecule has 0 amide bonds. The highest BCUT2D eigenvalue weighted by Gasteiger charge is 2.22. The highest BCUT2D eigenvalue weighted by molar-refractivity contribution is 6.30. The molecule has 2 aromatic rings. The highest BCUT2D eigenvalue weighted by atomic mass is 35.5. The van der Waals surface area contributed by atoms with Crippen LogP contribution in [0.15, 0.2) is 60.7 Å². The van der Waals surface area contributed by atoms with Gasteiger partial charge in [-0.25, -0.2) is 0 Å². The summed E-state index contributed by atoms with van der Waals surface area (Å²) in [5, 5.41) is 0.775. The van der Waals surface area contributed by atoms with E-state index in [0.717, 1.165) is 36.6 Å². The maximum absolute atomic E-state index is 12.1. The van der Waals surface area contributed by atoms with Gasteiger partial charge in [0.05, 0.1) is 5.92 Å². The van der Waals surface area contributed by atoms with Crippen molar-refractivity contribution in [3.63, 3.8) is 0 Å². The summed E-state index contributed by atoms with van der Waals surface area (Å²) >= 11 is 6.09. The molecule has 0 aliphatic carbocycles. The van der Waals surface area contributed by atoms with Crippen molar-refractivity contribution in [1.82, 2.24) is 4.90 Å². The first-order valence-electron chi connectivity index (χ1n) is 8.36. The summed E-state index contributed by atoms with van der Waals surface area (Å²) in [6.45, 7) is 4.31. The van der Waals surface area contributed by atoms with Gasteiger partial charge in [0.25, 0.3) is 0 Å². The molecular weight excluding hydrogens is 318 g/mol. The van der Waals surface area contributed by atoms with Crippen LogP contribution >= 0.6 is 11.6 Å². The average Bonchev–Trinajstić information content (AvgIpc) is 2.61. The second kappa shape index (κ2) is 7.78. The minimum atomic E-state index is -0.0488. The van der Waals surface area contributed by atoms with Crippen molar-refractivity contribution in [2.75, 3.05) is 19.6 Å². The molecular formula is C21H22ClNO. The molecule has 0 fully saturated rings. The van der Waals surface area contributed by atoms with Gasteiger partial charge in [-0.3, -0.25) is 9.69 Å². The van der Waals surface area contributed by atoms with Crippen LogP contribution in [0.4, 0.5) is 0 Å². The van der Waals surface area contributed by atoms with Crippen LogP contribution in [0.1, 0.15) is 30.4 Å². The summed E-state index contributed by atoms with van der Waals surface area (Å²) in [6, 6.07) is 18.1. The Kier molecular flexibility index (Phi) is 5.49. The molecule has 0 aromatic heterocycles. The lowest BCUT2D eigenvalue weighted by Crippen LogP contribution is -2.34. The van der Waals surface area contributed by atoms with E-state index in [4.69, 9.17) is 11.6 Å². The number of rotatable bonds is 5. The second-order valence-electron chi connectivity index (χ2n) is 6.32. The van der Waals surface area contributed by atoms with Gasteiger partial charge in [-0.2, -0.15) is 0 Å². The fourth-order valence-electron chi connectivity index (χ4n) is 3.24. The number of hydrogen-bond donors (Lipinski definition) is 0. The zero-order valence-corrected chi connectivity index (χ0v) is 14.7. The summed E-state index contributed by atoms with van der Waals surface area (Å²) in [4.78, 5) is 14.4. The van der Waals surface area contributed by atoms with Crippen LogP contribution in [0.25, 0.3) is 5.57 Å². The predicted octanol–water partition coefficient (Wildman–Crippen LogP) is 4.80.